The minimum atomic E-state index is -4.31. The normalized spacial score (nSPS) is 12.1. The van der Waals surface area contributed by atoms with Gasteiger partial charge < -0.3 is 4.57 Å². The van der Waals surface area contributed by atoms with Gasteiger partial charge in [0.05, 0.1) is 5.56 Å². The number of alkyl halides is 3. The number of rotatable bonds is 9. The monoisotopic (exact) mass is 448 g/mol. The zero-order valence-electron chi connectivity index (χ0n) is 17.9. The molecule has 6 heteroatoms. The van der Waals surface area contributed by atoms with E-state index in [0.29, 0.717) is 12.5 Å². The van der Waals surface area contributed by atoms with E-state index in [1.54, 1.807) is 12.1 Å². The topological polar surface area (TPSA) is 8.17 Å². The minimum absolute atomic E-state index is 0.537. The van der Waals surface area contributed by atoms with Gasteiger partial charge in [0.15, 0.2) is 0 Å². The van der Waals surface area contributed by atoms with Crippen LogP contribution in [-0.4, -0.2) is 16.0 Å². The molecule has 0 amide bonds. The lowest BCUT2D eigenvalue weighted by Gasteiger charge is -2.24. The predicted octanol–water partition coefficient (Wildman–Crippen LogP) is 7.26. The molecule has 0 saturated carbocycles. The highest BCUT2D eigenvalue weighted by Crippen LogP contribution is 2.29. The highest BCUT2D eigenvalue weighted by molar-refractivity contribution is 6.30. The van der Waals surface area contributed by atoms with Crippen molar-refractivity contribution in [2.75, 3.05) is 6.54 Å². The van der Waals surface area contributed by atoms with Crippen LogP contribution in [0.1, 0.15) is 42.7 Å². The summed E-state index contributed by atoms with van der Waals surface area (Å²) in [6.45, 7) is 7.46. The van der Waals surface area contributed by atoms with E-state index in [1.807, 2.05) is 30.5 Å². The van der Waals surface area contributed by atoms with Crippen molar-refractivity contribution in [3.63, 3.8) is 0 Å². The summed E-state index contributed by atoms with van der Waals surface area (Å²) in [7, 11) is 0. The van der Waals surface area contributed by atoms with Gasteiger partial charge in [-0.15, -0.1) is 0 Å². The molecule has 0 fully saturated rings. The number of benzene rings is 2. The standard InChI is InChI=1S/C25H28ClF3N2/c1-19(2)12-14-30(16-21-5-3-6-23(26)15-21)18-24-7-4-13-31(24)17-20-8-10-22(11-9-20)25(27,28)29/h3-11,13,15,19H,12,14,16-18H2,1-2H3. The van der Waals surface area contributed by atoms with Crippen molar-refractivity contribution in [3.05, 3.63) is 94.3 Å². The highest BCUT2D eigenvalue weighted by Gasteiger charge is 2.29. The van der Waals surface area contributed by atoms with Crippen LogP contribution in [-0.2, 0) is 25.8 Å². The van der Waals surface area contributed by atoms with Crippen molar-refractivity contribution >= 4 is 11.6 Å². The van der Waals surface area contributed by atoms with E-state index in [9.17, 15) is 13.2 Å². The Bertz CT molecular complexity index is 961. The van der Waals surface area contributed by atoms with Gasteiger partial charge in [0, 0.05) is 36.5 Å². The van der Waals surface area contributed by atoms with Crippen molar-refractivity contribution in [1.29, 1.82) is 0 Å². The van der Waals surface area contributed by atoms with Crippen LogP contribution < -0.4 is 0 Å². The maximum Gasteiger partial charge on any atom is 0.416 e. The summed E-state index contributed by atoms with van der Waals surface area (Å²) in [5, 5.41) is 0.729. The average molecular weight is 449 g/mol. The van der Waals surface area contributed by atoms with Crippen molar-refractivity contribution in [2.24, 2.45) is 5.92 Å². The Morgan fingerprint density at radius 2 is 1.68 bits per heavy atom. The molecule has 2 aromatic carbocycles. The number of halogens is 4. The Hall–Kier alpha value is -2.24. The van der Waals surface area contributed by atoms with E-state index in [1.165, 1.54) is 0 Å². The fourth-order valence-electron chi connectivity index (χ4n) is 3.52. The zero-order chi connectivity index (χ0) is 22.4. The molecule has 0 unspecified atom stereocenters. The van der Waals surface area contributed by atoms with Crippen LogP contribution in [0.2, 0.25) is 5.02 Å². The first kappa shape index (κ1) is 23.4. The van der Waals surface area contributed by atoms with Crippen molar-refractivity contribution < 1.29 is 13.2 Å². The molecule has 0 radical (unpaired) electrons. The summed E-state index contributed by atoms with van der Waals surface area (Å²) in [6.07, 6.45) is -1.25. The first-order valence-corrected chi connectivity index (χ1v) is 10.9. The Balaban J connectivity index is 1.72. The Morgan fingerprint density at radius 1 is 0.935 bits per heavy atom. The van der Waals surface area contributed by atoms with E-state index in [-0.39, 0.29) is 0 Å². The van der Waals surface area contributed by atoms with Gasteiger partial charge in [-0.25, -0.2) is 0 Å². The summed E-state index contributed by atoms with van der Waals surface area (Å²) in [5.74, 6) is 0.598. The Kier molecular flexibility index (Phi) is 7.84. The molecular weight excluding hydrogens is 421 g/mol. The molecule has 1 heterocycles. The maximum absolute atomic E-state index is 12.8. The summed E-state index contributed by atoms with van der Waals surface area (Å²) in [6, 6.07) is 17.4. The van der Waals surface area contributed by atoms with Gasteiger partial charge in [0.1, 0.15) is 0 Å². The van der Waals surface area contributed by atoms with Gasteiger partial charge >= 0.3 is 6.18 Å². The Labute approximate surface area is 187 Å². The van der Waals surface area contributed by atoms with Gasteiger partial charge in [-0.2, -0.15) is 13.2 Å². The number of aromatic nitrogens is 1. The first-order valence-electron chi connectivity index (χ1n) is 10.5. The smallest absolute Gasteiger partial charge is 0.346 e. The molecule has 2 nitrogen and oxygen atoms in total. The van der Waals surface area contributed by atoms with Gasteiger partial charge in [-0.3, -0.25) is 4.90 Å². The lowest BCUT2D eigenvalue weighted by atomic mass is 10.1. The lowest BCUT2D eigenvalue weighted by Crippen LogP contribution is -2.26. The second-order valence-corrected chi connectivity index (χ2v) is 8.78. The van der Waals surface area contributed by atoms with Crippen LogP contribution in [0.4, 0.5) is 13.2 Å². The largest absolute Gasteiger partial charge is 0.416 e. The first-order chi connectivity index (χ1) is 14.7. The van der Waals surface area contributed by atoms with Gasteiger partial charge in [0.2, 0.25) is 0 Å². The number of hydrogen-bond donors (Lipinski definition) is 0. The van der Waals surface area contributed by atoms with Crippen LogP contribution in [0.25, 0.3) is 0 Å². The van der Waals surface area contributed by atoms with Gasteiger partial charge in [0.25, 0.3) is 0 Å². The number of nitrogens with zero attached hydrogens (tertiary/aromatic N) is 2. The fraction of sp³-hybridized carbons (Fsp3) is 0.360. The van der Waals surface area contributed by atoms with E-state index < -0.39 is 11.7 Å². The van der Waals surface area contributed by atoms with Gasteiger partial charge in [-0.1, -0.05) is 49.7 Å². The second-order valence-electron chi connectivity index (χ2n) is 8.35. The molecule has 3 aromatic rings. The molecule has 3 rings (SSSR count). The molecule has 0 bridgehead atoms. The molecule has 166 valence electrons. The summed E-state index contributed by atoms with van der Waals surface area (Å²) in [4.78, 5) is 2.39. The second kappa shape index (κ2) is 10.4. The van der Waals surface area contributed by atoms with Crippen LogP contribution in [0, 0.1) is 5.92 Å². The Morgan fingerprint density at radius 3 is 2.32 bits per heavy atom. The molecule has 0 aliphatic carbocycles. The highest BCUT2D eigenvalue weighted by atomic mass is 35.5. The molecule has 0 spiro atoms. The van der Waals surface area contributed by atoms with Crippen molar-refractivity contribution in [1.82, 2.24) is 9.47 Å². The van der Waals surface area contributed by atoms with Crippen LogP contribution >= 0.6 is 11.6 Å². The molecule has 0 aliphatic rings. The van der Waals surface area contributed by atoms with E-state index >= 15 is 0 Å². The maximum atomic E-state index is 12.8. The van der Waals surface area contributed by atoms with Gasteiger partial charge in [-0.05, 0) is 66.4 Å². The summed E-state index contributed by atoms with van der Waals surface area (Å²) in [5.41, 5.74) is 2.52. The zero-order valence-corrected chi connectivity index (χ0v) is 18.6. The third-order valence-electron chi connectivity index (χ3n) is 5.26. The van der Waals surface area contributed by atoms with Crippen LogP contribution in [0.15, 0.2) is 66.9 Å². The van der Waals surface area contributed by atoms with E-state index in [4.69, 9.17) is 11.6 Å². The summed E-state index contributed by atoms with van der Waals surface area (Å²) < 4.78 is 40.6. The SMILES string of the molecule is CC(C)CCN(Cc1cccc(Cl)c1)Cc1cccn1Cc1ccc(C(F)(F)F)cc1. The molecular formula is C25H28ClF3N2. The third kappa shape index (κ3) is 7.15. The molecule has 1 aromatic heterocycles. The number of hydrogen-bond acceptors (Lipinski definition) is 1. The van der Waals surface area contributed by atoms with Crippen LogP contribution in [0.5, 0.6) is 0 Å². The third-order valence-corrected chi connectivity index (χ3v) is 5.50. The predicted molar refractivity (Wildman–Crippen MR) is 120 cm³/mol. The average Bonchev–Trinajstić information content (AvgIpc) is 3.12. The van der Waals surface area contributed by atoms with E-state index in [0.717, 1.165) is 60.0 Å². The fourth-order valence-corrected chi connectivity index (χ4v) is 3.73. The van der Waals surface area contributed by atoms with Crippen LogP contribution in [0.3, 0.4) is 0 Å². The molecule has 0 N–H and O–H groups in total. The molecule has 0 saturated heterocycles. The molecule has 0 aliphatic heterocycles. The minimum Gasteiger partial charge on any atom is -0.346 e. The van der Waals surface area contributed by atoms with E-state index in [2.05, 4.69) is 35.4 Å². The lowest BCUT2D eigenvalue weighted by molar-refractivity contribution is -0.137. The molecule has 0 atom stereocenters. The quantitative estimate of drug-likeness (QED) is 0.334. The molecule has 31 heavy (non-hydrogen) atoms. The van der Waals surface area contributed by atoms with Crippen molar-refractivity contribution in [2.45, 2.75) is 46.1 Å². The summed E-state index contributed by atoms with van der Waals surface area (Å²) >= 11 is 6.16. The van der Waals surface area contributed by atoms with Crippen molar-refractivity contribution in [3.8, 4) is 0 Å².